The van der Waals surface area contributed by atoms with E-state index in [2.05, 4.69) is 12.1 Å². The van der Waals surface area contributed by atoms with Crippen LogP contribution in [0.3, 0.4) is 0 Å². The van der Waals surface area contributed by atoms with Crippen molar-refractivity contribution in [2.75, 3.05) is 19.6 Å². The summed E-state index contributed by atoms with van der Waals surface area (Å²) in [5, 5.41) is 0. The van der Waals surface area contributed by atoms with Crippen LogP contribution in [0.25, 0.3) is 0 Å². The fourth-order valence-corrected chi connectivity index (χ4v) is 0.929. The second kappa shape index (κ2) is 10.2. The molecule has 0 spiro atoms. The van der Waals surface area contributed by atoms with Gasteiger partial charge in [-0.2, -0.15) is 0 Å². The fourth-order valence-electron chi connectivity index (χ4n) is 0.929. The molecule has 0 aliphatic rings. The Labute approximate surface area is 86.3 Å². The first kappa shape index (κ1) is 13.1. The number of nitrogens with two attached hydrogens (primary N) is 3. The van der Waals surface area contributed by atoms with Gasteiger partial charge in [0.2, 0.25) is 0 Å². The molecule has 0 aliphatic carbocycles. The Balaban J connectivity index is 0.000000292. The van der Waals surface area contributed by atoms with Gasteiger partial charge in [0.25, 0.3) is 0 Å². The summed E-state index contributed by atoms with van der Waals surface area (Å²) in [7, 11) is 0. The molecule has 14 heavy (non-hydrogen) atoms. The minimum absolute atomic E-state index is 0.719. The maximum Gasteiger partial charge on any atom is -0.00367 e. The van der Waals surface area contributed by atoms with E-state index in [1.165, 1.54) is 5.56 Å². The second-order valence-corrected chi connectivity index (χ2v) is 2.96. The minimum Gasteiger partial charge on any atom is -0.330 e. The quantitative estimate of drug-likeness (QED) is 0.654. The Bertz CT molecular complexity index is 197. The van der Waals surface area contributed by atoms with E-state index in [1.807, 2.05) is 18.2 Å². The zero-order chi connectivity index (χ0) is 10.6. The number of hydrogen-bond acceptors (Lipinski definition) is 3. The van der Waals surface area contributed by atoms with Crippen molar-refractivity contribution < 1.29 is 0 Å². The summed E-state index contributed by atoms with van der Waals surface area (Å²) in [5.74, 6) is 0. The van der Waals surface area contributed by atoms with Gasteiger partial charge in [0.1, 0.15) is 0 Å². The van der Waals surface area contributed by atoms with Crippen LogP contribution >= 0.6 is 0 Å². The van der Waals surface area contributed by atoms with Crippen molar-refractivity contribution in [3.05, 3.63) is 35.9 Å². The minimum atomic E-state index is 0.719. The Morgan fingerprint density at radius 1 is 0.786 bits per heavy atom. The highest BCUT2D eigenvalue weighted by Crippen LogP contribution is 1.96. The molecular weight excluding hydrogens is 174 g/mol. The van der Waals surface area contributed by atoms with Gasteiger partial charge in [-0.15, -0.1) is 0 Å². The van der Waals surface area contributed by atoms with Crippen LogP contribution in [0.15, 0.2) is 30.3 Å². The summed E-state index contributed by atoms with van der Waals surface area (Å²) in [6.45, 7) is 2.18. The summed E-state index contributed by atoms with van der Waals surface area (Å²) in [6, 6.07) is 10.3. The first-order valence-corrected chi connectivity index (χ1v) is 4.99. The Morgan fingerprint density at radius 3 is 1.71 bits per heavy atom. The molecule has 3 nitrogen and oxygen atoms in total. The van der Waals surface area contributed by atoms with Gasteiger partial charge in [-0.3, -0.25) is 0 Å². The number of benzene rings is 1. The molecule has 0 heterocycles. The van der Waals surface area contributed by atoms with Crippen molar-refractivity contribution in [1.82, 2.24) is 0 Å². The standard InChI is InChI=1S/C8H11N.C3H10N2/c9-7-6-8-4-2-1-3-5-8;4-2-1-3-5/h1-5H,6-7,9H2;1-5H2. The lowest BCUT2D eigenvalue weighted by molar-refractivity contribution is 0.844. The third-order valence-corrected chi connectivity index (χ3v) is 1.68. The predicted octanol–water partition coefficient (Wildman–Crippen LogP) is 0.482. The van der Waals surface area contributed by atoms with Gasteiger partial charge in [0.05, 0.1) is 0 Å². The molecule has 0 bridgehead atoms. The van der Waals surface area contributed by atoms with E-state index in [0.717, 1.165) is 32.5 Å². The molecule has 0 saturated heterocycles. The maximum absolute atomic E-state index is 5.36. The Kier molecular flexibility index (Phi) is 9.53. The third-order valence-electron chi connectivity index (χ3n) is 1.68. The molecule has 1 aromatic rings. The average Bonchev–Trinajstić information content (AvgIpc) is 2.22. The molecule has 3 heteroatoms. The van der Waals surface area contributed by atoms with Gasteiger partial charge < -0.3 is 17.2 Å². The second-order valence-electron chi connectivity index (χ2n) is 2.96. The van der Waals surface area contributed by atoms with Gasteiger partial charge in [0, 0.05) is 0 Å². The number of rotatable bonds is 4. The van der Waals surface area contributed by atoms with Crippen LogP contribution in [-0.2, 0) is 6.42 Å². The highest BCUT2D eigenvalue weighted by atomic mass is 14.6. The van der Waals surface area contributed by atoms with Gasteiger partial charge in [-0.1, -0.05) is 30.3 Å². The van der Waals surface area contributed by atoms with Crippen LogP contribution in [0.2, 0.25) is 0 Å². The van der Waals surface area contributed by atoms with Crippen LogP contribution in [0, 0.1) is 0 Å². The van der Waals surface area contributed by atoms with Gasteiger partial charge in [-0.05, 0) is 38.0 Å². The fraction of sp³-hybridized carbons (Fsp3) is 0.455. The van der Waals surface area contributed by atoms with Crippen molar-refractivity contribution in [2.24, 2.45) is 17.2 Å². The van der Waals surface area contributed by atoms with E-state index in [0.29, 0.717) is 0 Å². The summed E-state index contributed by atoms with van der Waals surface area (Å²) in [4.78, 5) is 0. The molecule has 0 aromatic heterocycles. The third kappa shape index (κ3) is 7.73. The molecule has 0 fully saturated rings. The molecule has 0 aliphatic heterocycles. The first-order chi connectivity index (χ1) is 6.85. The van der Waals surface area contributed by atoms with Crippen molar-refractivity contribution in [3.8, 4) is 0 Å². The summed E-state index contributed by atoms with van der Waals surface area (Å²) in [5.41, 5.74) is 16.8. The summed E-state index contributed by atoms with van der Waals surface area (Å²) >= 11 is 0. The van der Waals surface area contributed by atoms with Gasteiger partial charge >= 0.3 is 0 Å². The predicted molar refractivity (Wildman–Crippen MR) is 61.9 cm³/mol. The van der Waals surface area contributed by atoms with Crippen LogP contribution in [0.4, 0.5) is 0 Å². The Hall–Kier alpha value is -0.900. The number of hydrogen-bond donors (Lipinski definition) is 3. The van der Waals surface area contributed by atoms with Crippen LogP contribution < -0.4 is 17.2 Å². The van der Waals surface area contributed by atoms with Gasteiger partial charge in [-0.25, -0.2) is 0 Å². The maximum atomic E-state index is 5.36. The lowest BCUT2D eigenvalue weighted by Crippen LogP contribution is -2.06. The van der Waals surface area contributed by atoms with Crippen LogP contribution in [0.1, 0.15) is 12.0 Å². The van der Waals surface area contributed by atoms with E-state index in [1.54, 1.807) is 0 Å². The molecule has 0 unspecified atom stereocenters. The first-order valence-electron chi connectivity index (χ1n) is 4.99. The van der Waals surface area contributed by atoms with E-state index >= 15 is 0 Å². The topological polar surface area (TPSA) is 78.1 Å². The molecule has 1 rings (SSSR count). The molecule has 80 valence electrons. The van der Waals surface area contributed by atoms with E-state index < -0.39 is 0 Å². The SMILES string of the molecule is NCCCN.NCCc1ccccc1. The van der Waals surface area contributed by atoms with Crippen molar-refractivity contribution in [3.63, 3.8) is 0 Å². The van der Waals surface area contributed by atoms with E-state index in [-0.39, 0.29) is 0 Å². The zero-order valence-electron chi connectivity index (χ0n) is 8.65. The average molecular weight is 195 g/mol. The van der Waals surface area contributed by atoms with Gasteiger partial charge in [0.15, 0.2) is 0 Å². The molecule has 0 atom stereocenters. The lowest BCUT2D eigenvalue weighted by atomic mass is 10.2. The summed E-state index contributed by atoms with van der Waals surface area (Å²) in [6.07, 6.45) is 1.93. The largest absolute Gasteiger partial charge is 0.330 e. The molecular formula is C11H21N3. The molecule has 1 aromatic carbocycles. The highest BCUT2D eigenvalue weighted by molar-refractivity contribution is 5.14. The van der Waals surface area contributed by atoms with Crippen molar-refractivity contribution >= 4 is 0 Å². The van der Waals surface area contributed by atoms with Crippen molar-refractivity contribution in [1.29, 1.82) is 0 Å². The van der Waals surface area contributed by atoms with Crippen molar-refractivity contribution in [2.45, 2.75) is 12.8 Å². The zero-order valence-corrected chi connectivity index (χ0v) is 8.65. The molecule has 0 amide bonds. The monoisotopic (exact) mass is 195 g/mol. The van der Waals surface area contributed by atoms with E-state index in [9.17, 15) is 0 Å². The van der Waals surface area contributed by atoms with Crippen LogP contribution in [-0.4, -0.2) is 19.6 Å². The smallest absolute Gasteiger partial charge is 0.00367 e. The molecule has 0 radical (unpaired) electrons. The summed E-state index contributed by atoms with van der Waals surface area (Å²) < 4.78 is 0. The normalized spacial score (nSPS) is 9.07. The Morgan fingerprint density at radius 2 is 1.36 bits per heavy atom. The molecule has 0 saturated carbocycles. The lowest BCUT2D eigenvalue weighted by Gasteiger charge is -1.93. The van der Waals surface area contributed by atoms with E-state index in [4.69, 9.17) is 17.2 Å². The molecule has 6 N–H and O–H groups in total. The van der Waals surface area contributed by atoms with Crippen LogP contribution in [0.5, 0.6) is 0 Å². The highest BCUT2D eigenvalue weighted by Gasteiger charge is 1.84.